The van der Waals surface area contributed by atoms with E-state index in [1.54, 1.807) is 0 Å². The van der Waals surface area contributed by atoms with Gasteiger partial charge < -0.3 is 10.5 Å². The van der Waals surface area contributed by atoms with Gasteiger partial charge in [-0.25, -0.2) is 4.98 Å². The number of nitrogen functional groups attached to an aromatic ring is 1. The Morgan fingerprint density at radius 2 is 2.38 bits per heavy atom. The molecule has 0 amide bonds. The minimum Gasteiger partial charge on any atom is -0.384 e. The van der Waals surface area contributed by atoms with Crippen LogP contribution in [-0.4, -0.2) is 35.6 Å². The molecule has 1 saturated heterocycles. The fourth-order valence-electron chi connectivity index (χ4n) is 2.06. The van der Waals surface area contributed by atoms with Crippen molar-refractivity contribution in [1.29, 1.82) is 0 Å². The van der Waals surface area contributed by atoms with Gasteiger partial charge in [0.2, 0.25) is 0 Å². The van der Waals surface area contributed by atoms with Gasteiger partial charge in [0.25, 0.3) is 0 Å². The number of nitrogens with two attached hydrogens (primary N) is 1. The molecule has 2 heterocycles. The van der Waals surface area contributed by atoms with Gasteiger partial charge in [-0.1, -0.05) is 13.0 Å². The highest BCUT2D eigenvalue weighted by Gasteiger charge is 2.25. The van der Waals surface area contributed by atoms with Crippen LogP contribution in [0.2, 0.25) is 0 Å². The average molecular weight is 221 g/mol. The van der Waals surface area contributed by atoms with Crippen LogP contribution in [0.4, 0.5) is 5.82 Å². The SMILES string of the molecule is CCN1C[C@@H](c2ccc(N)nc2)OC[C@@H]1C. The lowest BCUT2D eigenvalue weighted by molar-refractivity contribution is -0.0581. The predicted octanol–water partition coefficient (Wildman–Crippen LogP) is 1.45. The first-order valence-electron chi connectivity index (χ1n) is 5.77. The Balaban J connectivity index is 2.08. The Bertz CT molecular complexity index is 339. The molecule has 2 rings (SSSR count). The molecule has 16 heavy (non-hydrogen) atoms. The molecule has 88 valence electrons. The molecule has 0 bridgehead atoms. The minimum atomic E-state index is 0.129. The smallest absolute Gasteiger partial charge is 0.123 e. The predicted molar refractivity (Wildman–Crippen MR) is 64.1 cm³/mol. The van der Waals surface area contributed by atoms with E-state index in [1.807, 2.05) is 18.3 Å². The zero-order chi connectivity index (χ0) is 11.5. The number of pyridine rings is 1. The van der Waals surface area contributed by atoms with Crippen LogP contribution in [0.3, 0.4) is 0 Å². The van der Waals surface area contributed by atoms with Crippen molar-refractivity contribution in [2.24, 2.45) is 0 Å². The molecule has 0 aliphatic carbocycles. The largest absolute Gasteiger partial charge is 0.384 e. The number of rotatable bonds is 2. The fraction of sp³-hybridized carbons (Fsp3) is 0.583. The molecule has 0 saturated carbocycles. The summed E-state index contributed by atoms with van der Waals surface area (Å²) in [6.07, 6.45) is 1.94. The van der Waals surface area contributed by atoms with Gasteiger partial charge in [0.1, 0.15) is 5.82 Å². The van der Waals surface area contributed by atoms with Crippen molar-refractivity contribution in [3.05, 3.63) is 23.9 Å². The molecule has 4 heteroatoms. The van der Waals surface area contributed by atoms with Crippen molar-refractivity contribution in [2.45, 2.75) is 26.0 Å². The molecule has 1 fully saturated rings. The number of ether oxygens (including phenoxy) is 1. The first kappa shape index (κ1) is 11.4. The van der Waals surface area contributed by atoms with Crippen LogP contribution in [0, 0.1) is 0 Å². The van der Waals surface area contributed by atoms with Gasteiger partial charge >= 0.3 is 0 Å². The molecule has 0 aromatic carbocycles. The van der Waals surface area contributed by atoms with E-state index in [-0.39, 0.29) is 6.10 Å². The summed E-state index contributed by atoms with van der Waals surface area (Å²) in [5.74, 6) is 0.556. The standard InChI is InChI=1S/C12H19N3O/c1-3-15-7-11(16-8-9(15)2)10-4-5-12(13)14-6-10/h4-6,9,11H,3,7-8H2,1-2H3,(H2,13,14)/t9-,11-/m0/s1. The summed E-state index contributed by atoms with van der Waals surface area (Å²) in [5.41, 5.74) is 6.68. The van der Waals surface area contributed by atoms with Gasteiger partial charge in [-0.3, -0.25) is 4.90 Å². The van der Waals surface area contributed by atoms with Gasteiger partial charge in [0, 0.05) is 24.3 Å². The molecule has 1 aliphatic heterocycles. The highest BCUT2D eigenvalue weighted by atomic mass is 16.5. The molecule has 2 atom stereocenters. The third kappa shape index (κ3) is 2.33. The Hall–Kier alpha value is -1.13. The molecule has 1 aliphatic rings. The van der Waals surface area contributed by atoms with Crippen LogP contribution in [0.1, 0.15) is 25.5 Å². The molecular weight excluding hydrogens is 202 g/mol. The maximum absolute atomic E-state index is 5.83. The lowest BCUT2D eigenvalue weighted by Gasteiger charge is -2.37. The van der Waals surface area contributed by atoms with Gasteiger partial charge in [0.15, 0.2) is 0 Å². The summed E-state index contributed by atoms with van der Waals surface area (Å²) >= 11 is 0. The monoisotopic (exact) mass is 221 g/mol. The van der Waals surface area contributed by atoms with Crippen LogP contribution in [-0.2, 0) is 4.74 Å². The highest BCUT2D eigenvalue weighted by Crippen LogP contribution is 2.24. The molecule has 1 aromatic heterocycles. The summed E-state index contributed by atoms with van der Waals surface area (Å²) in [7, 11) is 0. The summed E-state index contributed by atoms with van der Waals surface area (Å²) in [6, 6.07) is 4.33. The van der Waals surface area contributed by atoms with Gasteiger partial charge in [-0.05, 0) is 19.5 Å². The summed E-state index contributed by atoms with van der Waals surface area (Å²) in [6.45, 7) is 7.15. The van der Waals surface area contributed by atoms with E-state index in [2.05, 4.69) is 23.7 Å². The topological polar surface area (TPSA) is 51.4 Å². The number of hydrogen-bond acceptors (Lipinski definition) is 4. The van der Waals surface area contributed by atoms with Crippen LogP contribution in [0.25, 0.3) is 0 Å². The van der Waals surface area contributed by atoms with E-state index < -0.39 is 0 Å². The van der Waals surface area contributed by atoms with Crippen LogP contribution in [0.5, 0.6) is 0 Å². The number of aromatic nitrogens is 1. The molecule has 0 radical (unpaired) electrons. The van der Waals surface area contributed by atoms with Crippen molar-refractivity contribution < 1.29 is 4.74 Å². The second kappa shape index (κ2) is 4.80. The van der Waals surface area contributed by atoms with Crippen molar-refractivity contribution in [1.82, 2.24) is 9.88 Å². The number of anilines is 1. The van der Waals surface area contributed by atoms with Crippen molar-refractivity contribution in [2.75, 3.05) is 25.4 Å². The van der Waals surface area contributed by atoms with E-state index in [4.69, 9.17) is 10.5 Å². The van der Waals surface area contributed by atoms with E-state index in [1.165, 1.54) is 0 Å². The van der Waals surface area contributed by atoms with Gasteiger partial charge in [-0.2, -0.15) is 0 Å². The van der Waals surface area contributed by atoms with Crippen LogP contribution in [0.15, 0.2) is 18.3 Å². The minimum absolute atomic E-state index is 0.129. The van der Waals surface area contributed by atoms with Crippen molar-refractivity contribution in [3.8, 4) is 0 Å². The number of hydrogen-bond donors (Lipinski definition) is 1. The molecule has 0 unspecified atom stereocenters. The Labute approximate surface area is 96.4 Å². The average Bonchev–Trinajstić information content (AvgIpc) is 2.31. The second-order valence-corrected chi connectivity index (χ2v) is 4.27. The highest BCUT2D eigenvalue weighted by molar-refractivity contribution is 5.30. The van der Waals surface area contributed by atoms with Gasteiger partial charge in [0.05, 0.1) is 12.7 Å². The zero-order valence-corrected chi connectivity index (χ0v) is 9.89. The first-order chi connectivity index (χ1) is 7.70. The van der Waals surface area contributed by atoms with Crippen molar-refractivity contribution in [3.63, 3.8) is 0 Å². The Morgan fingerprint density at radius 3 is 3.00 bits per heavy atom. The molecule has 1 aromatic rings. The maximum atomic E-state index is 5.83. The van der Waals surface area contributed by atoms with E-state index in [0.717, 1.165) is 25.3 Å². The van der Waals surface area contributed by atoms with E-state index in [9.17, 15) is 0 Å². The lowest BCUT2D eigenvalue weighted by atomic mass is 10.1. The maximum Gasteiger partial charge on any atom is 0.123 e. The quantitative estimate of drug-likeness (QED) is 0.821. The Morgan fingerprint density at radius 1 is 1.56 bits per heavy atom. The molecule has 0 spiro atoms. The lowest BCUT2D eigenvalue weighted by Crippen LogP contribution is -2.44. The number of nitrogens with zero attached hydrogens (tertiary/aromatic N) is 2. The van der Waals surface area contributed by atoms with Crippen LogP contribution < -0.4 is 5.73 Å². The number of likely N-dealkylation sites (N-methyl/N-ethyl adjacent to an activating group) is 1. The fourth-order valence-corrected chi connectivity index (χ4v) is 2.06. The van der Waals surface area contributed by atoms with E-state index in [0.29, 0.717) is 11.9 Å². The third-order valence-electron chi connectivity index (χ3n) is 3.15. The Kier molecular flexibility index (Phi) is 3.41. The first-order valence-corrected chi connectivity index (χ1v) is 5.77. The summed E-state index contributed by atoms with van der Waals surface area (Å²) in [5, 5.41) is 0. The van der Waals surface area contributed by atoms with Gasteiger partial charge in [-0.15, -0.1) is 0 Å². The summed E-state index contributed by atoms with van der Waals surface area (Å²) < 4.78 is 5.83. The zero-order valence-electron chi connectivity index (χ0n) is 9.89. The molecule has 4 nitrogen and oxygen atoms in total. The van der Waals surface area contributed by atoms with Crippen molar-refractivity contribution >= 4 is 5.82 Å². The summed E-state index contributed by atoms with van der Waals surface area (Å²) in [4.78, 5) is 6.52. The van der Waals surface area contributed by atoms with E-state index >= 15 is 0 Å². The second-order valence-electron chi connectivity index (χ2n) is 4.27. The third-order valence-corrected chi connectivity index (χ3v) is 3.15. The number of morpholine rings is 1. The molecular formula is C12H19N3O. The normalized spacial score (nSPS) is 26.9. The molecule has 2 N–H and O–H groups in total. The van der Waals surface area contributed by atoms with Crippen LogP contribution >= 0.6 is 0 Å².